The first kappa shape index (κ1) is 20.3. The maximum atomic E-state index is 13.5. The minimum absolute atomic E-state index is 0.290. The second-order valence-corrected chi connectivity index (χ2v) is 7.53. The molecule has 4 rings (SSSR count). The van der Waals surface area contributed by atoms with Crippen molar-refractivity contribution >= 4 is 28.2 Å². The van der Waals surface area contributed by atoms with E-state index < -0.39 is 0 Å². The number of halogens is 1. The summed E-state index contributed by atoms with van der Waals surface area (Å²) in [6.07, 6.45) is 0. The van der Waals surface area contributed by atoms with Crippen LogP contribution in [0.4, 0.5) is 10.1 Å². The average Bonchev–Trinajstić information content (AvgIpc) is 3.15. The lowest BCUT2D eigenvalue weighted by Crippen LogP contribution is -2.21. The van der Waals surface area contributed by atoms with Crippen molar-refractivity contribution in [3.05, 3.63) is 89.5 Å². The van der Waals surface area contributed by atoms with E-state index in [4.69, 9.17) is 5.41 Å². The summed E-state index contributed by atoms with van der Waals surface area (Å²) in [6, 6.07) is 18.9. The highest BCUT2D eigenvalue weighted by Gasteiger charge is 2.16. The number of anilines is 1. The average molecular weight is 415 g/mol. The minimum atomic E-state index is -0.296. The molecule has 0 aliphatic rings. The fraction of sp³-hybridized carbons (Fsp3) is 0.125. The number of aryl methyl sites for hydroxylation is 1. The van der Waals surface area contributed by atoms with Crippen molar-refractivity contribution in [2.75, 3.05) is 19.4 Å². The van der Waals surface area contributed by atoms with Gasteiger partial charge in [0.15, 0.2) is 0 Å². The maximum Gasteiger partial charge on any atom is 0.274 e. The Labute approximate surface area is 179 Å². The number of amidine groups is 1. The van der Waals surface area contributed by atoms with Gasteiger partial charge in [-0.15, -0.1) is 0 Å². The fourth-order valence-electron chi connectivity index (χ4n) is 3.36. The van der Waals surface area contributed by atoms with Crippen LogP contribution in [0.1, 0.15) is 21.7 Å². The van der Waals surface area contributed by atoms with E-state index in [2.05, 4.69) is 10.4 Å². The van der Waals surface area contributed by atoms with Crippen LogP contribution in [0.2, 0.25) is 0 Å². The van der Waals surface area contributed by atoms with Crippen molar-refractivity contribution in [3.8, 4) is 5.69 Å². The number of aromatic nitrogens is 2. The summed E-state index contributed by atoms with van der Waals surface area (Å²) in [5.74, 6) is -0.194. The van der Waals surface area contributed by atoms with E-state index in [-0.39, 0.29) is 11.7 Å². The number of benzene rings is 3. The molecule has 1 amide bonds. The molecule has 7 heteroatoms. The van der Waals surface area contributed by atoms with Crippen LogP contribution in [0, 0.1) is 18.2 Å². The number of carbonyl (C=O) groups is 1. The Morgan fingerprint density at radius 2 is 1.68 bits per heavy atom. The number of carbonyl (C=O) groups excluding carboxylic acids is 1. The van der Waals surface area contributed by atoms with Crippen LogP contribution < -0.4 is 5.32 Å². The number of hydrogen-bond acceptors (Lipinski definition) is 3. The van der Waals surface area contributed by atoms with Gasteiger partial charge in [-0.3, -0.25) is 10.2 Å². The van der Waals surface area contributed by atoms with E-state index in [1.54, 1.807) is 46.0 Å². The van der Waals surface area contributed by atoms with Crippen LogP contribution in [0.5, 0.6) is 0 Å². The van der Waals surface area contributed by atoms with Crippen molar-refractivity contribution in [1.82, 2.24) is 14.7 Å². The van der Waals surface area contributed by atoms with Crippen LogP contribution in [-0.2, 0) is 0 Å². The molecule has 2 N–H and O–H groups in total. The van der Waals surface area contributed by atoms with Gasteiger partial charge in [0.25, 0.3) is 5.91 Å². The van der Waals surface area contributed by atoms with Crippen molar-refractivity contribution in [2.24, 2.45) is 0 Å². The summed E-state index contributed by atoms with van der Waals surface area (Å²) in [7, 11) is 3.62. The molecule has 156 valence electrons. The van der Waals surface area contributed by atoms with Gasteiger partial charge in [-0.05, 0) is 72.3 Å². The normalized spacial score (nSPS) is 10.8. The Kier molecular flexibility index (Phi) is 5.25. The topological polar surface area (TPSA) is 74.0 Å². The Hall–Kier alpha value is -4.00. The third-order valence-corrected chi connectivity index (χ3v) is 4.96. The molecular formula is C24H22FN5O. The molecule has 1 heterocycles. The van der Waals surface area contributed by atoms with E-state index in [1.165, 1.54) is 12.1 Å². The maximum absolute atomic E-state index is 13.5. The quantitative estimate of drug-likeness (QED) is 0.378. The molecule has 0 saturated carbocycles. The Morgan fingerprint density at radius 3 is 2.39 bits per heavy atom. The predicted octanol–water partition coefficient (Wildman–Crippen LogP) is 4.61. The van der Waals surface area contributed by atoms with Crippen LogP contribution in [-0.4, -0.2) is 40.5 Å². The largest absolute Gasteiger partial charge is 0.363 e. The van der Waals surface area contributed by atoms with E-state index in [1.807, 2.05) is 39.2 Å². The zero-order valence-corrected chi connectivity index (χ0v) is 17.5. The molecular weight excluding hydrogens is 393 g/mol. The molecule has 0 saturated heterocycles. The molecule has 0 bridgehead atoms. The molecule has 4 aromatic rings. The first-order valence-electron chi connectivity index (χ1n) is 9.76. The molecule has 0 radical (unpaired) electrons. The molecule has 6 nitrogen and oxygen atoms in total. The second kappa shape index (κ2) is 8.02. The van der Waals surface area contributed by atoms with Crippen LogP contribution in [0.15, 0.2) is 66.7 Å². The van der Waals surface area contributed by atoms with Gasteiger partial charge in [0.2, 0.25) is 0 Å². The number of rotatable bonds is 4. The summed E-state index contributed by atoms with van der Waals surface area (Å²) in [6.45, 7) is 1.82. The number of nitrogens with one attached hydrogen (secondary N) is 2. The molecule has 1 aromatic heterocycles. The van der Waals surface area contributed by atoms with Crippen molar-refractivity contribution < 1.29 is 9.18 Å². The molecule has 0 unspecified atom stereocenters. The Bertz CT molecular complexity index is 1290. The highest BCUT2D eigenvalue weighted by molar-refractivity contribution is 6.04. The monoisotopic (exact) mass is 415 g/mol. The third-order valence-electron chi connectivity index (χ3n) is 4.96. The standard InChI is InChI=1S/C24H22FN5O/c1-15-12-22(24(31)27-20-9-5-16(6-10-20)23(26)29(2)3)30(28-15)21-11-7-17-13-19(25)8-4-18(17)14-21/h4-14,26H,1-3H3,(H,27,31). The van der Waals surface area contributed by atoms with E-state index >= 15 is 0 Å². The molecule has 0 fully saturated rings. The molecule has 0 atom stereocenters. The molecule has 0 spiro atoms. The van der Waals surface area contributed by atoms with Crippen LogP contribution in [0.25, 0.3) is 16.5 Å². The fourth-order valence-corrected chi connectivity index (χ4v) is 3.36. The highest BCUT2D eigenvalue weighted by atomic mass is 19.1. The van der Waals surface area contributed by atoms with E-state index in [9.17, 15) is 9.18 Å². The lowest BCUT2D eigenvalue weighted by Gasteiger charge is -2.14. The Balaban J connectivity index is 1.62. The zero-order chi connectivity index (χ0) is 22.1. The summed E-state index contributed by atoms with van der Waals surface area (Å²) in [4.78, 5) is 14.7. The van der Waals surface area contributed by atoms with Gasteiger partial charge in [-0.1, -0.05) is 12.1 Å². The van der Waals surface area contributed by atoms with Crippen LogP contribution in [0.3, 0.4) is 0 Å². The lowest BCUT2D eigenvalue weighted by molar-refractivity contribution is 0.101. The number of amides is 1. The molecule has 31 heavy (non-hydrogen) atoms. The molecule has 3 aromatic carbocycles. The second-order valence-electron chi connectivity index (χ2n) is 7.53. The number of hydrogen-bond donors (Lipinski definition) is 2. The van der Waals surface area contributed by atoms with Gasteiger partial charge in [0, 0.05) is 25.3 Å². The zero-order valence-electron chi connectivity index (χ0n) is 17.5. The highest BCUT2D eigenvalue weighted by Crippen LogP contribution is 2.22. The van der Waals surface area contributed by atoms with E-state index in [0.29, 0.717) is 28.6 Å². The third kappa shape index (κ3) is 4.16. The smallest absolute Gasteiger partial charge is 0.274 e. The summed E-state index contributed by atoms with van der Waals surface area (Å²) in [5.41, 5.74) is 3.20. The molecule has 0 aliphatic carbocycles. The van der Waals surface area contributed by atoms with Gasteiger partial charge >= 0.3 is 0 Å². The summed E-state index contributed by atoms with van der Waals surface area (Å²) >= 11 is 0. The van der Waals surface area contributed by atoms with Crippen molar-refractivity contribution in [2.45, 2.75) is 6.92 Å². The SMILES string of the molecule is Cc1cc(C(=O)Nc2ccc(C(=N)N(C)C)cc2)n(-c2ccc3cc(F)ccc3c2)n1. The number of fused-ring (bicyclic) bond motifs is 1. The Morgan fingerprint density at radius 1 is 1.00 bits per heavy atom. The van der Waals surface area contributed by atoms with Gasteiger partial charge in [0.05, 0.1) is 11.4 Å². The van der Waals surface area contributed by atoms with Crippen molar-refractivity contribution in [1.29, 1.82) is 5.41 Å². The minimum Gasteiger partial charge on any atom is -0.363 e. The van der Waals surface area contributed by atoms with E-state index in [0.717, 1.165) is 16.3 Å². The van der Waals surface area contributed by atoms with Gasteiger partial charge < -0.3 is 10.2 Å². The van der Waals surface area contributed by atoms with Gasteiger partial charge in [-0.2, -0.15) is 5.10 Å². The number of nitrogens with zero attached hydrogens (tertiary/aromatic N) is 3. The van der Waals surface area contributed by atoms with Gasteiger partial charge in [-0.25, -0.2) is 9.07 Å². The van der Waals surface area contributed by atoms with Crippen LogP contribution >= 0.6 is 0 Å². The van der Waals surface area contributed by atoms with Crippen molar-refractivity contribution in [3.63, 3.8) is 0 Å². The predicted molar refractivity (Wildman–Crippen MR) is 121 cm³/mol. The van der Waals surface area contributed by atoms with Gasteiger partial charge in [0.1, 0.15) is 17.3 Å². The first-order chi connectivity index (χ1) is 14.8. The first-order valence-corrected chi connectivity index (χ1v) is 9.76. The molecule has 0 aliphatic heterocycles. The lowest BCUT2D eigenvalue weighted by atomic mass is 10.1. The summed E-state index contributed by atoms with van der Waals surface area (Å²) in [5, 5.41) is 17.0. The summed E-state index contributed by atoms with van der Waals surface area (Å²) < 4.78 is 15.1.